The molecule has 0 spiro atoms. The number of para-hydroxylation sites is 1. The van der Waals surface area contributed by atoms with Crippen LogP contribution < -0.4 is 5.56 Å². The van der Waals surface area contributed by atoms with Crippen molar-refractivity contribution in [3.8, 4) is 0 Å². The summed E-state index contributed by atoms with van der Waals surface area (Å²) in [5.41, 5.74) is 0.952. The van der Waals surface area contributed by atoms with Crippen molar-refractivity contribution in [3.63, 3.8) is 0 Å². The molecule has 4 nitrogen and oxygen atoms in total. The van der Waals surface area contributed by atoms with Crippen LogP contribution in [0.5, 0.6) is 0 Å². The van der Waals surface area contributed by atoms with E-state index in [1.807, 2.05) is 38.1 Å². The number of carboxylic acid groups (broad SMARTS) is 1. The maximum atomic E-state index is 12.3. The fraction of sp³-hybridized carbons (Fsp3) is 0.286. The first kappa shape index (κ1) is 12.4. The van der Waals surface area contributed by atoms with Crippen LogP contribution in [0.4, 0.5) is 0 Å². The first-order chi connectivity index (χ1) is 8.50. The Morgan fingerprint density at radius 3 is 2.61 bits per heavy atom. The summed E-state index contributed by atoms with van der Waals surface area (Å²) in [4.78, 5) is 23.0. The van der Waals surface area contributed by atoms with Gasteiger partial charge in [0.2, 0.25) is 0 Å². The zero-order chi connectivity index (χ0) is 13.3. The van der Waals surface area contributed by atoms with Gasteiger partial charge in [-0.2, -0.15) is 0 Å². The Labute approximate surface area is 104 Å². The second kappa shape index (κ2) is 4.64. The number of carbonyl (C=O) groups is 1. The van der Waals surface area contributed by atoms with E-state index in [2.05, 4.69) is 0 Å². The highest BCUT2D eigenvalue weighted by molar-refractivity contribution is 5.81. The number of nitrogens with zero attached hydrogens (tertiary/aromatic N) is 1. The molecular formula is C14H15NO3. The van der Waals surface area contributed by atoms with Gasteiger partial charge in [0.1, 0.15) is 0 Å². The van der Waals surface area contributed by atoms with Crippen molar-refractivity contribution >= 4 is 16.9 Å². The van der Waals surface area contributed by atoms with Crippen LogP contribution in [0.1, 0.15) is 25.5 Å². The third kappa shape index (κ3) is 2.14. The van der Waals surface area contributed by atoms with Crippen molar-refractivity contribution in [3.05, 3.63) is 46.2 Å². The molecule has 4 heteroatoms. The van der Waals surface area contributed by atoms with Gasteiger partial charge in [0, 0.05) is 11.6 Å². The molecule has 0 fully saturated rings. The number of fused-ring (bicyclic) bond motifs is 1. The van der Waals surface area contributed by atoms with E-state index in [0.29, 0.717) is 5.56 Å². The molecule has 0 radical (unpaired) electrons. The molecule has 94 valence electrons. The Balaban J connectivity index is 2.79. The SMILES string of the molecule is CC(C)n1c(=O)c(CC(=O)O)cc2ccccc21. The zero-order valence-corrected chi connectivity index (χ0v) is 10.4. The van der Waals surface area contributed by atoms with Gasteiger partial charge >= 0.3 is 5.97 Å². The monoisotopic (exact) mass is 245 g/mol. The predicted octanol–water partition coefficient (Wildman–Crippen LogP) is 2.21. The molecule has 0 amide bonds. The molecule has 0 atom stereocenters. The molecule has 18 heavy (non-hydrogen) atoms. The number of aromatic nitrogens is 1. The Hall–Kier alpha value is -2.10. The Morgan fingerprint density at radius 2 is 2.00 bits per heavy atom. The molecule has 1 aromatic carbocycles. The van der Waals surface area contributed by atoms with Crippen LogP contribution in [-0.4, -0.2) is 15.6 Å². The van der Waals surface area contributed by atoms with Crippen LogP contribution >= 0.6 is 0 Å². The second-order valence-electron chi connectivity index (χ2n) is 4.57. The molecular weight excluding hydrogens is 230 g/mol. The van der Waals surface area contributed by atoms with E-state index in [9.17, 15) is 9.59 Å². The van der Waals surface area contributed by atoms with Crippen LogP contribution in [0.2, 0.25) is 0 Å². The molecule has 2 aromatic rings. The summed E-state index contributed by atoms with van der Waals surface area (Å²) in [6.07, 6.45) is -0.240. The number of hydrogen-bond acceptors (Lipinski definition) is 2. The van der Waals surface area contributed by atoms with Gasteiger partial charge in [-0.25, -0.2) is 0 Å². The number of aliphatic carboxylic acids is 1. The fourth-order valence-electron chi connectivity index (χ4n) is 2.14. The maximum absolute atomic E-state index is 12.3. The van der Waals surface area contributed by atoms with Gasteiger partial charge in [0.15, 0.2) is 0 Å². The quantitative estimate of drug-likeness (QED) is 0.901. The molecule has 0 aliphatic carbocycles. The molecule has 1 N–H and O–H groups in total. The summed E-state index contributed by atoms with van der Waals surface area (Å²) < 4.78 is 1.65. The van der Waals surface area contributed by atoms with Crippen LogP contribution in [0, 0.1) is 0 Å². The lowest BCUT2D eigenvalue weighted by molar-refractivity contribution is -0.136. The molecule has 0 aliphatic rings. The van der Waals surface area contributed by atoms with E-state index in [1.54, 1.807) is 10.6 Å². The second-order valence-corrected chi connectivity index (χ2v) is 4.57. The molecule has 1 heterocycles. The molecule has 0 unspecified atom stereocenters. The molecule has 0 saturated carbocycles. The lowest BCUT2D eigenvalue weighted by Crippen LogP contribution is -2.26. The summed E-state index contributed by atoms with van der Waals surface area (Å²) in [5, 5.41) is 9.74. The highest BCUT2D eigenvalue weighted by atomic mass is 16.4. The smallest absolute Gasteiger partial charge is 0.308 e. The summed E-state index contributed by atoms with van der Waals surface area (Å²) in [5.74, 6) is -0.988. The van der Waals surface area contributed by atoms with Gasteiger partial charge in [-0.05, 0) is 31.4 Å². The highest BCUT2D eigenvalue weighted by Gasteiger charge is 2.13. The topological polar surface area (TPSA) is 59.3 Å². The number of benzene rings is 1. The van der Waals surface area contributed by atoms with Gasteiger partial charge in [0.05, 0.1) is 11.9 Å². The molecule has 1 aromatic heterocycles. The third-order valence-electron chi connectivity index (χ3n) is 2.88. The number of hydrogen-bond donors (Lipinski definition) is 1. The molecule has 0 saturated heterocycles. The minimum atomic E-state index is -0.988. The van der Waals surface area contributed by atoms with Crippen LogP contribution in [-0.2, 0) is 11.2 Å². The summed E-state index contributed by atoms with van der Waals surface area (Å²) in [6.45, 7) is 3.83. The zero-order valence-electron chi connectivity index (χ0n) is 10.4. The van der Waals surface area contributed by atoms with Crippen molar-refractivity contribution in [2.45, 2.75) is 26.3 Å². The van der Waals surface area contributed by atoms with E-state index in [4.69, 9.17) is 5.11 Å². The van der Waals surface area contributed by atoms with Crippen LogP contribution in [0.25, 0.3) is 10.9 Å². The number of rotatable bonds is 3. The highest BCUT2D eigenvalue weighted by Crippen LogP contribution is 2.17. The van der Waals surface area contributed by atoms with Gasteiger partial charge in [-0.3, -0.25) is 9.59 Å². The fourth-order valence-corrected chi connectivity index (χ4v) is 2.14. The van der Waals surface area contributed by atoms with Crippen molar-refractivity contribution < 1.29 is 9.90 Å². The normalized spacial score (nSPS) is 11.1. The minimum absolute atomic E-state index is 0.00357. The van der Waals surface area contributed by atoms with E-state index in [-0.39, 0.29) is 18.0 Å². The lowest BCUT2D eigenvalue weighted by atomic mass is 10.1. The van der Waals surface area contributed by atoms with Crippen molar-refractivity contribution in [2.75, 3.05) is 0 Å². The third-order valence-corrected chi connectivity index (χ3v) is 2.88. The van der Waals surface area contributed by atoms with Crippen LogP contribution in [0.3, 0.4) is 0 Å². The maximum Gasteiger partial charge on any atom is 0.308 e. The predicted molar refractivity (Wildman–Crippen MR) is 69.9 cm³/mol. The Bertz CT molecular complexity index is 656. The summed E-state index contributed by atoms with van der Waals surface area (Å²) in [7, 11) is 0. The largest absolute Gasteiger partial charge is 0.481 e. The number of carboxylic acids is 1. The van der Waals surface area contributed by atoms with Gasteiger partial charge in [-0.1, -0.05) is 18.2 Å². The van der Waals surface area contributed by atoms with Crippen molar-refractivity contribution in [1.82, 2.24) is 4.57 Å². The van der Waals surface area contributed by atoms with Gasteiger partial charge < -0.3 is 9.67 Å². The average molecular weight is 245 g/mol. The average Bonchev–Trinajstić information content (AvgIpc) is 2.29. The Morgan fingerprint density at radius 1 is 1.33 bits per heavy atom. The van der Waals surface area contributed by atoms with Crippen molar-refractivity contribution in [2.24, 2.45) is 0 Å². The summed E-state index contributed by atoms with van der Waals surface area (Å²) >= 11 is 0. The van der Waals surface area contributed by atoms with E-state index in [0.717, 1.165) is 10.9 Å². The molecule has 0 bridgehead atoms. The van der Waals surface area contributed by atoms with E-state index in [1.165, 1.54) is 0 Å². The lowest BCUT2D eigenvalue weighted by Gasteiger charge is -2.15. The van der Waals surface area contributed by atoms with Gasteiger partial charge in [0.25, 0.3) is 5.56 Å². The summed E-state index contributed by atoms with van der Waals surface area (Å²) in [6, 6.07) is 9.18. The van der Waals surface area contributed by atoms with Crippen molar-refractivity contribution in [1.29, 1.82) is 0 Å². The Kier molecular flexibility index (Phi) is 3.19. The minimum Gasteiger partial charge on any atom is -0.481 e. The molecule has 2 rings (SSSR count). The standard InChI is InChI=1S/C14H15NO3/c1-9(2)15-12-6-4-3-5-10(12)7-11(14(15)18)8-13(16)17/h3-7,9H,8H2,1-2H3,(H,16,17). The molecule has 0 aliphatic heterocycles. The van der Waals surface area contributed by atoms with Crippen LogP contribution in [0.15, 0.2) is 35.1 Å². The van der Waals surface area contributed by atoms with Gasteiger partial charge in [-0.15, -0.1) is 0 Å². The first-order valence-corrected chi connectivity index (χ1v) is 5.85. The first-order valence-electron chi connectivity index (χ1n) is 5.85. The number of pyridine rings is 1. The van der Waals surface area contributed by atoms with E-state index >= 15 is 0 Å². The van der Waals surface area contributed by atoms with E-state index < -0.39 is 5.97 Å².